The quantitative estimate of drug-likeness (QED) is 0.235. The molecule has 5 aromatic rings. The van der Waals surface area contributed by atoms with E-state index < -0.39 is 11.9 Å². The minimum Gasteiger partial charge on any atom is -0.490 e. The Morgan fingerprint density at radius 3 is 2.70 bits per heavy atom. The maximum atomic E-state index is 14.4. The van der Waals surface area contributed by atoms with Gasteiger partial charge in [0.1, 0.15) is 11.8 Å². The van der Waals surface area contributed by atoms with Crippen LogP contribution in [0.3, 0.4) is 0 Å². The fraction of sp³-hybridized carbons (Fsp3) is 0.296. The van der Waals surface area contributed by atoms with Crippen LogP contribution in [0.5, 0.6) is 5.75 Å². The lowest BCUT2D eigenvalue weighted by Gasteiger charge is -2.26. The number of ether oxygens (including phenoxy) is 2. The molecule has 7 rings (SSSR count). The van der Waals surface area contributed by atoms with Gasteiger partial charge in [-0.15, -0.1) is 0 Å². The highest BCUT2D eigenvalue weighted by Gasteiger charge is 2.29. The van der Waals surface area contributed by atoms with Crippen molar-refractivity contribution in [3.63, 3.8) is 0 Å². The summed E-state index contributed by atoms with van der Waals surface area (Å²) in [6, 6.07) is 11.6. The third kappa shape index (κ3) is 4.94. The van der Waals surface area contributed by atoms with Crippen LogP contribution in [0.25, 0.3) is 28.1 Å². The minimum absolute atomic E-state index is 0.163. The molecule has 1 saturated heterocycles. The van der Waals surface area contributed by atoms with E-state index in [0.29, 0.717) is 51.8 Å². The molecule has 10 nitrogen and oxygen atoms in total. The number of nitrogens with zero attached hydrogens (tertiary/aromatic N) is 7. The van der Waals surface area contributed by atoms with Gasteiger partial charge in [-0.1, -0.05) is 19.1 Å². The van der Waals surface area contributed by atoms with E-state index in [4.69, 9.17) is 14.5 Å². The molecule has 5 heterocycles. The van der Waals surface area contributed by atoms with Gasteiger partial charge in [0.05, 0.1) is 63.8 Å². The van der Waals surface area contributed by atoms with E-state index in [9.17, 15) is 18.6 Å². The second-order valence-electron chi connectivity index (χ2n) is 9.20. The van der Waals surface area contributed by atoms with Crippen LogP contribution in [0.15, 0.2) is 53.7 Å². The molecule has 0 amide bonds. The van der Waals surface area contributed by atoms with Crippen molar-refractivity contribution in [1.82, 2.24) is 28.7 Å². The first-order valence-electron chi connectivity index (χ1n) is 12.6. The van der Waals surface area contributed by atoms with Gasteiger partial charge in [-0.3, -0.25) is 13.7 Å². The Hall–Kier alpha value is -4.20. The Morgan fingerprint density at radius 1 is 1.20 bits per heavy atom. The second kappa shape index (κ2) is 11.5. The number of aryl methyl sites for hydroxylation is 1. The molecule has 0 bridgehead atoms. The Labute approximate surface area is 230 Å². The number of imidazole rings is 2. The monoisotopic (exact) mass is 565 g/mol. The maximum absolute atomic E-state index is 14.4. The zero-order valence-corrected chi connectivity index (χ0v) is 22.9. The van der Waals surface area contributed by atoms with E-state index in [1.54, 1.807) is 59.0 Å². The van der Waals surface area contributed by atoms with E-state index in [-0.39, 0.29) is 18.0 Å². The summed E-state index contributed by atoms with van der Waals surface area (Å²) in [5.74, 6) is 0.0153. The summed E-state index contributed by atoms with van der Waals surface area (Å²) in [5.41, 5.74) is 3.16. The van der Waals surface area contributed by atoms with Crippen molar-refractivity contribution in [3.05, 3.63) is 76.4 Å². The first-order valence-corrected chi connectivity index (χ1v) is 13.0. The van der Waals surface area contributed by atoms with Gasteiger partial charge in [0.25, 0.3) is 0 Å². The normalized spacial score (nSPS) is 17.1. The first kappa shape index (κ1) is 27.4. The molecular weight excluding hydrogens is 539 g/mol. The van der Waals surface area contributed by atoms with Crippen molar-refractivity contribution in [3.8, 4) is 17.8 Å². The summed E-state index contributed by atoms with van der Waals surface area (Å²) < 4.78 is 38.9. The summed E-state index contributed by atoms with van der Waals surface area (Å²) >= 11 is 0. The predicted molar refractivity (Wildman–Crippen MR) is 148 cm³/mol. The van der Waals surface area contributed by atoms with E-state index in [2.05, 4.69) is 23.0 Å². The largest absolute Gasteiger partial charge is 0.490 e. The van der Waals surface area contributed by atoms with Gasteiger partial charge in [-0.25, -0.2) is 23.3 Å². The van der Waals surface area contributed by atoms with Gasteiger partial charge >= 0.3 is 5.69 Å². The van der Waals surface area contributed by atoms with Gasteiger partial charge in [0, 0.05) is 19.0 Å². The zero-order valence-electron chi connectivity index (χ0n) is 21.8. The summed E-state index contributed by atoms with van der Waals surface area (Å²) in [7, 11) is 2.57. The highest BCUT2D eigenvalue weighted by Crippen LogP contribution is 2.37. The highest BCUT2D eigenvalue weighted by atomic mass is 31.1. The lowest BCUT2D eigenvalue weighted by atomic mass is 10.00. The summed E-state index contributed by atoms with van der Waals surface area (Å²) in [6.07, 6.45) is 5.49. The van der Waals surface area contributed by atoms with Crippen molar-refractivity contribution in [2.24, 2.45) is 7.05 Å². The van der Waals surface area contributed by atoms with Gasteiger partial charge < -0.3 is 9.47 Å². The molecular formula is C27H26F2N7O3P. The molecule has 0 saturated carbocycles. The number of halogens is 2. The Morgan fingerprint density at radius 2 is 2.00 bits per heavy atom. The Balaban J connectivity index is 0.000000411. The summed E-state index contributed by atoms with van der Waals surface area (Å²) in [5, 5.41) is 9.26. The fourth-order valence-corrected chi connectivity index (χ4v) is 4.70. The molecule has 0 aliphatic carbocycles. The topological polar surface area (TPSA) is 116 Å². The fourth-order valence-electron chi connectivity index (χ4n) is 4.70. The van der Waals surface area contributed by atoms with Crippen molar-refractivity contribution in [1.29, 1.82) is 5.26 Å². The molecule has 1 fully saturated rings. The van der Waals surface area contributed by atoms with Crippen LogP contribution in [-0.2, 0) is 11.8 Å². The molecule has 3 aromatic heterocycles. The molecule has 13 heteroatoms. The standard InChI is InChI=1S/C23H16FN7O2.C4H8O.FH2P/c1-29-19-11-26-22(30-12-27-16-6-5-13(10-25)9-18(16)30)28-21(19)31(23(29)32)17-7-8-33-20-14(17)3-2-4-15(20)24;1-2-4-3-5-4;1-2/h2-6,9,11-12,17H,7-8H2,1H3;4H,2-3H2,1H3;2H2/t17-;;/m1../s1. The minimum atomic E-state index is -0.459. The van der Waals surface area contributed by atoms with Crippen LogP contribution in [-0.4, -0.2) is 48.0 Å². The molecule has 2 aliphatic rings. The Kier molecular flexibility index (Phi) is 7.87. The lowest BCUT2D eigenvalue weighted by molar-refractivity contribution is 0.243. The first-order chi connectivity index (χ1) is 19.5. The number of benzene rings is 2. The molecule has 3 atom stereocenters. The number of epoxide rings is 1. The molecule has 206 valence electrons. The number of nitriles is 1. The summed E-state index contributed by atoms with van der Waals surface area (Å²) in [6.45, 7) is 3.43. The van der Waals surface area contributed by atoms with Gasteiger partial charge in [0.2, 0.25) is 5.95 Å². The predicted octanol–water partition coefficient (Wildman–Crippen LogP) is 4.39. The second-order valence-corrected chi connectivity index (χ2v) is 9.20. The van der Waals surface area contributed by atoms with E-state index in [1.807, 2.05) is 0 Å². The third-order valence-corrected chi connectivity index (χ3v) is 6.88. The molecule has 40 heavy (non-hydrogen) atoms. The number of hydrogen-bond donors (Lipinski definition) is 0. The van der Waals surface area contributed by atoms with Crippen molar-refractivity contribution in [2.75, 3.05) is 13.2 Å². The number of rotatable bonds is 3. The number of fused-ring (bicyclic) bond motifs is 3. The van der Waals surface area contributed by atoms with Crippen LogP contribution in [0.1, 0.15) is 36.9 Å². The SMILES string of the molecule is CCC1CO1.Cn1c(=O)n([C@@H]2CCOc3c(F)cccc32)c2nc(-n3cnc4ccc(C#N)cc43)ncc21.FP. The molecule has 2 aromatic carbocycles. The molecule has 0 radical (unpaired) electrons. The van der Waals surface area contributed by atoms with Gasteiger partial charge in [-0.2, -0.15) is 10.2 Å². The molecule has 2 unspecified atom stereocenters. The van der Waals surface area contributed by atoms with Crippen LogP contribution in [0, 0.1) is 17.1 Å². The highest BCUT2D eigenvalue weighted by molar-refractivity contribution is 7.09. The average Bonchev–Trinajstić information content (AvgIpc) is 3.70. The molecule has 0 N–H and O–H groups in total. The average molecular weight is 566 g/mol. The lowest BCUT2D eigenvalue weighted by Crippen LogP contribution is -2.30. The van der Waals surface area contributed by atoms with Gasteiger partial charge in [0.15, 0.2) is 17.2 Å². The zero-order chi connectivity index (χ0) is 28.4. The van der Waals surface area contributed by atoms with Crippen LogP contribution in [0.4, 0.5) is 8.59 Å². The van der Waals surface area contributed by atoms with Gasteiger partial charge in [-0.05, 0) is 30.7 Å². The van der Waals surface area contributed by atoms with E-state index in [0.717, 1.165) is 16.2 Å². The maximum Gasteiger partial charge on any atom is 0.330 e. The van der Waals surface area contributed by atoms with Crippen LogP contribution < -0.4 is 10.4 Å². The molecule has 2 aliphatic heterocycles. The third-order valence-electron chi connectivity index (χ3n) is 6.88. The summed E-state index contributed by atoms with van der Waals surface area (Å²) in [4.78, 5) is 26.8. The van der Waals surface area contributed by atoms with Crippen LogP contribution in [0.2, 0.25) is 0 Å². The number of para-hydroxylation sites is 1. The Bertz CT molecular complexity index is 1790. The van der Waals surface area contributed by atoms with E-state index in [1.165, 1.54) is 17.1 Å². The van der Waals surface area contributed by atoms with Crippen LogP contribution >= 0.6 is 9.55 Å². The molecule has 0 spiro atoms. The number of aromatic nitrogens is 6. The smallest absolute Gasteiger partial charge is 0.330 e. The number of hydrogen-bond acceptors (Lipinski definition) is 7. The van der Waals surface area contributed by atoms with Crippen molar-refractivity contribution in [2.45, 2.75) is 31.9 Å². The van der Waals surface area contributed by atoms with Crippen molar-refractivity contribution < 1.29 is 18.1 Å². The van der Waals surface area contributed by atoms with Crippen molar-refractivity contribution >= 4 is 31.7 Å². The van der Waals surface area contributed by atoms with E-state index >= 15 is 0 Å².